The predicted octanol–water partition coefficient (Wildman–Crippen LogP) is 1.23. The number of ether oxygens (including phenoxy) is 1. The number of carbonyl (C=O) groups excluding carboxylic acids is 1. The Morgan fingerprint density at radius 3 is 2.94 bits per heavy atom. The van der Waals surface area contributed by atoms with Crippen molar-refractivity contribution in [2.45, 2.75) is 32.9 Å². The van der Waals surface area contributed by atoms with Crippen LogP contribution in [0.3, 0.4) is 0 Å². The maximum absolute atomic E-state index is 12.1. The smallest absolute Gasteiger partial charge is 0.276 e. The summed E-state index contributed by atoms with van der Waals surface area (Å²) >= 11 is 0. The lowest BCUT2D eigenvalue weighted by molar-refractivity contribution is -0.0390. The third kappa shape index (κ3) is 2.09. The van der Waals surface area contributed by atoms with Crippen LogP contribution in [0.25, 0.3) is 0 Å². The van der Waals surface area contributed by atoms with Crippen molar-refractivity contribution >= 4 is 5.91 Å². The summed E-state index contributed by atoms with van der Waals surface area (Å²) in [6, 6.07) is 1.75. The van der Waals surface area contributed by atoms with Crippen LogP contribution in [0.2, 0.25) is 0 Å². The molecule has 0 spiro atoms. The molecule has 1 aliphatic rings. The van der Waals surface area contributed by atoms with Crippen LogP contribution < -0.4 is 0 Å². The van der Waals surface area contributed by atoms with Gasteiger partial charge >= 0.3 is 0 Å². The van der Waals surface area contributed by atoms with Gasteiger partial charge in [0, 0.05) is 12.6 Å². The molecule has 88 valence electrons. The van der Waals surface area contributed by atoms with Crippen molar-refractivity contribution < 1.29 is 14.1 Å². The maximum Gasteiger partial charge on any atom is 0.276 e. The van der Waals surface area contributed by atoms with Crippen molar-refractivity contribution in [2.24, 2.45) is 0 Å². The van der Waals surface area contributed by atoms with E-state index in [9.17, 15) is 4.79 Å². The van der Waals surface area contributed by atoms with E-state index in [1.54, 1.807) is 17.9 Å². The third-order valence-corrected chi connectivity index (χ3v) is 2.72. The summed E-state index contributed by atoms with van der Waals surface area (Å²) in [7, 11) is 0. The summed E-state index contributed by atoms with van der Waals surface area (Å²) in [5.74, 6) is 0.566. The van der Waals surface area contributed by atoms with Crippen molar-refractivity contribution in [2.75, 3.05) is 13.2 Å². The van der Waals surface area contributed by atoms with E-state index in [1.807, 2.05) is 13.8 Å². The van der Waals surface area contributed by atoms with E-state index in [2.05, 4.69) is 5.16 Å². The van der Waals surface area contributed by atoms with Crippen LogP contribution in [0.5, 0.6) is 0 Å². The van der Waals surface area contributed by atoms with Crippen molar-refractivity contribution in [1.29, 1.82) is 0 Å². The van der Waals surface area contributed by atoms with Gasteiger partial charge in [0.05, 0.1) is 18.8 Å². The predicted molar refractivity (Wildman–Crippen MR) is 57.2 cm³/mol. The average Bonchev–Trinajstić information content (AvgIpc) is 2.67. The van der Waals surface area contributed by atoms with Gasteiger partial charge in [-0.3, -0.25) is 4.79 Å². The van der Waals surface area contributed by atoms with Gasteiger partial charge in [0.2, 0.25) is 0 Å². The van der Waals surface area contributed by atoms with E-state index in [0.29, 0.717) is 24.6 Å². The highest BCUT2D eigenvalue weighted by molar-refractivity contribution is 5.92. The van der Waals surface area contributed by atoms with Crippen LogP contribution in [0.1, 0.15) is 30.1 Å². The van der Waals surface area contributed by atoms with Crippen LogP contribution in [-0.4, -0.2) is 41.3 Å². The minimum atomic E-state index is -0.0838. The summed E-state index contributed by atoms with van der Waals surface area (Å²) in [6.07, 6.45) is 0.0770. The number of aromatic nitrogens is 1. The minimum Gasteiger partial charge on any atom is -0.375 e. The molecular weight excluding hydrogens is 208 g/mol. The summed E-state index contributed by atoms with van der Waals surface area (Å²) in [4.78, 5) is 13.9. The van der Waals surface area contributed by atoms with Gasteiger partial charge in [-0.2, -0.15) is 0 Å². The van der Waals surface area contributed by atoms with Gasteiger partial charge in [-0.15, -0.1) is 0 Å². The number of rotatable bonds is 1. The second kappa shape index (κ2) is 4.25. The molecule has 0 unspecified atom stereocenters. The normalized spacial score (nSPS) is 25.8. The SMILES string of the molecule is Cc1cc(C(=O)N2C[C@@H](C)OC[C@H]2C)no1. The highest BCUT2D eigenvalue weighted by Gasteiger charge is 2.29. The Morgan fingerprint density at radius 1 is 1.56 bits per heavy atom. The van der Waals surface area contributed by atoms with Crippen LogP contribution in [0, 0.1) is 6.92 Å². The first-order valence-electron chi connectivity index (χ1n) is 5.44. The Balaban J connectivity index is 2.14. The zero-order valence-corrected chi connectivity index (χ0v) is 9.77. The van der Waals surface area contributed by atoms with Gasteiger partial charge < -0.3 is 14.2 Å². The van der Waals surface area contributed by atoms with E-state index in [4.69, 9.17) is 9.26 Å². The van der Waals surface area contributed by atoms with Crippen molar-refractivity contribution in [3.63, 3.8) is 0 Å². The van der Waals surface area contributed by atoms with Gasteiger partial charge in [0.15, 0.2) is 5.69 Å². The number of hydrogen-bond donors (Lipinski definition) is 0. The third-order valence-electron chi connectivity index (χ3n) is 2.72. The quantitative estimate of drug-likeness (QED) is 0.720. The van der Waals surface area contributed by atoms with E-state index >= 15 is 0 Å². The van der Waals surface area contributed by atoms with E-state index in [0.717, 1.165) is 0 Å². The summed E-state index contributed by atoms with van der Waals surface area (Å²) in [5.41, 5.74) is 0.374. The summed E-state index contributed by atoms with van der Waals surface area (Å²) in [5, 5.41) is 3.74. The van der Waals surface area contributed by atoms with Crippen LogP contribution >= 0.6 is 0 Å². The first-order valence-corrected chi connectivity index (χ1v) is 5.44. The van der Waals surface area contributed by atoms with Crippen LogP contribution in [0.15, 0.2) is 10.6 Å². The van der Waals surface area contributed by atoms with Crippen molar-refractivity contribution in [3.05, 3.63) is 17.5 Å². The number of aryl methyl sites for hydroxylation is 1. The monoisotopic (exact) mass is 224 g/mol. The second-order valence-corrected chi connectivity index (χ2v) is 4.27. The highest BCUT2D eigenvalue weighted by Crippen LogP contribution is 2.15. The molecule has 1 amide bonds. The number of hydrogen-bond acceptors (Lipinski definition) is 4. The molecule has 2 atom stereocenters. The van der Waals surface area contributed by atoms with Gasteiger partial charge in [-0.25, -0.2) is 0 Å². The van der Waals surface area contributed by atoms with E-state index < -0.39 is 0 Å². The van der Waals surface area contributed by atoms with Gasteiger partial charge in [0.1, 0.15) is 5.76 Å². The molecule has 0 saturated carbocycles. The molecule has 0 bridgehead atoms. The lowest BCUT2D eigenvalue weighted by atomic mass is 10.2. The van der Waals surface area contributed by atoms with E-state index in [-0.39, 0.29) is 18.1 Å². The minimum absolute atomic E-state index is 0.0770. The molecule has 5 nitrogen and oxygen atoms in total. The first kappa shape index (κ1) is 11.1. The zero-order valence-electron chi connectivity index (χ0n) is 9.77. The average molecular weight is 224 g/mol. The fourth-order valence-corrected chi connectivity index (χ4v) is 1.80. The van der Waals surface area contributed by atoms with Gasteiger partial charge in [0.25, 0.3) is 5.91 Å². The number of morpholine rings is 1. The molecule has 0 N–H and O–H groups in total. The fourth-order valence-electron chi connectivity index (χ4n) is 1.80. The summed E-state index contributed by atoms with van der Waals surface area (Å²) in [6.45, 7) is 6.88. The Kier molecular flexibility index (Phi) is 2.96. The van der Waals surface area contributed by atoms with Gasteiger partial charge in [-0.05, 0) is 20.8 Å². The molecule has 1 fully saturated rings. The summed E-state index contributed by atoms with van der Waals surface area (Å²) < 4.78 is 10.4. The van der Waals surface area contributed by atoms with Gasteiger partial charge in [-0.1, -0.05) is 5.16 Å². The van der Waals surface area contributed by atoms with Crippen LogP contribution in [0.4, 0.5) is 0 Å². The maximum atomic E-state index is 12.1. The number of nitrogens with zero attached hydrogens (tertiary/aromatic N) is 2. The number of amides is 1. The Labute approximate surface area is 94.3 Å². The Bertz CT molecular complexity index is 388. The Hall–Kier alpha value is -1.36. The largest absolute Gasteiger partial charge is 0.375 e. The fraction of sp³-hybridized carbons (Fsp3) is 0.636. The molecule has 0 aromatic carbocycles. The molecule has 1 saturated heterocycles. The molecule has 0 radical (unpaired) electrons. The molecule has 2 rings (SSSR count). The molecular formula is C11H16N2O3. The zero-order chi connectivity index (χ0) is 11.7. The molecule has 2 heterocycles. The Morgan fingerprint density at radius 2 is 2.31 bits per heavy atom. The first-order chi connectivity index (χ1) is 7.58. The van der Waals surface area contributed by atoms with Crippen molar-refractivity contribution in [1.82, 2.24) is 10.1 Å². The lowest BCUT2D eigenvalue weighted by Gasteiger charge is -2.36. The van der Waals surface area contributed by atoms with Crippen LogP contribution in [-0.2, 0) is 4.74 Å². The number of carbonyl (C=O) groups is 1. The molecule has 1 aromatic heterocycles. The van der Waals surface area contributed by atoms with Crippen molar-refractivity contribution in [3.8, 4) is 0 Å². The molecule has 16 heavy (non-hydrogen) atoms. The molecule has 1 aliphatic heterocycles. The second-order valence-electron chi connectivity index (χ2n) is 4.27. The highest BCUT2D eigenvalue weighted by atomic mass is 16.5. The lowest BCUT2D eigenvalue weighted by Crippen LogP contribution is -2.50. The molecule has 1 aromatic rings. The molecule has 0 aliphatic carbocycles. The van der Waals surface area contributed by atoms with E-state index in [1.165, 1.54) is 0 Å². The standard InChI is InChI=1S/C11H16N2O3/c1-7-6-15-9(3)5-13(7)11(14)10-4-8(2)16-12-10/h4,7,9H,5-6H2,1-3H3/t7-,9-/m1/s1. The molecule has 5 heteroatoms. The topological polar surface area (TPSA) is 55.6 Å².